The lowest BCUT2D eigenvalue weighted by Crippen LogP contribution is -2.61. The van der Waals surface area contributed by atoms with Gasteiger partial charge in [-0.25, -0.2) is 0 Å². The maximum absolute atomic E-state index is 11.9. The largest absolute Gasteiger partial charge is 0.497 e. The zero-order valence-electron chi connectivity index (χ0n) is 17.5. The van der Waals surface area contributed by atoms with Gasteiger partial charge in [-0.1, -0.05) is 0 Å². The Kier molecular flexibility index (Phi) is 8.03. The van der Waals surface area contributed by atoms with Crippen LogP contribution < -0.4 is 9.47 Å². The molecule has 3 rings (SSSR count). The summed E-state index contributed by atoms with van der Waals surface area (Å²) in [6.45, 7) is 0.615. The van der Waals surface area contributed by atoms with Crippen molar-refractivity contribution in [3.8, 4) is 11.5 Å². The monoisotopic (exact) mass is 460 g/mol. The first-order valence-electron chi connectivity index (χ1n) is 9.96. The molecule has 0 radical (unpaired) electrons. The van der Waals surface area contributed by atoms with Crippen molar-refractivity contribution in [2.45, 2.75) is 62.2 Å². The Balaban J connectivity index is 1.71. The molecule has 12 heteroatoms. The first-order valence-corrected chi connectivity index (χ1v) is 9.96. The molecular weight excluding hydrogens is 432 g/mol. The Morgan fingerprint density at radius 2 is 1.69 bits per heavy atom. The van der Waals surface area contributed by atoms with Gasteiger partial charge >= 0.3 is 0 Å². The Bertz CT molecular complexity index is 788. The van der Waals surface area contributed by atoms with E-state index in [1.165, 1.54) is 26.2 Å². The zero-order chi connectivity index (χ0) is 23.6. The van der Waals surface area contributed by atoms with E-state index in [0.29, 0.717) is 5.75 Å². The van der Waals surface area contributed by atoms with Crippen LogP contribution in [0, 0.1) is 0 Å². The molecule has 2 heterocycles. The summed E-state index contributed by atoms with van der Waals surface area (Å²) < 4.78 is 26.8. The summed E-state index contributed by atoms with van der Waals surface area (Å²) >= 11 is 0. The second kappa shape index (κ2) is 10.4. The molecule has 1 aromatic rings. The Morgan fingerprint density at radius 1 is 1.00 bits per heavy atom. The summed E-state index contributed by atoms with van der Waals surface area (Å²) in [7, 11) is 1.42. The maximum Gasteiger partial charge on any atom is 0.229 e. The average molecular weight is 460 g/mol. The molecule has 0 aromatic heterocycles. The van der Waals surface area contributed by atoms with Crippen LogP contribution in [0.15, 0.2) is 18.2 Å². The van der Waals surface area contributed by atoms with Crippen molar-refractivity contribution >= 4 is 5.78 Å². The van der Waals surface area contributed by atoms with Crippen LogP contribution in [0.4, 0.5) is 0 Å². The van der Waals surface area contributed by atoms with Crippen LogP contribution in [0.5, 0.6) is 11.5 Å². The predicted molar refractivity (Wildman–Crippen MR) is 104 cm³/mol. The number of benzene rings is 1. The first kappa shape index (κ1) is 24.8. The quantitative estimate of drug-likeness (QED) is 0.236. The van der Waals surface area contributed by atoms with Crippen molar-refractivity contribution in [3.63, 3.8) is 0 Å². The fraction of sp³-hybridized carbons (Fsp3) is 0.650. The van der Waals surface area contributed by atoms with Gasteiger partial charge in [0.1, 0.15) is 54.2 Å². The van der Waals surface area contributed by atoms with E-state index >= 15 is 0 Å². The minimum Gasteiger partial charge on any atom is -0.497 e. The lowest BCUT2D eigenvalue weighted by molar-refractivity contribution is -0.307. The van der Waals surface area contributed by atoms with E-state index in [0.717, 1.165) is 0 Å². The van der Waals surface area contributed by atoms with E-state index in [9.17, 15) is 35.4 Å². The lowest BCUT2D eigenvalue weighted by Gasteiger charge is -2.41. The summed E-state index contributed by atoms with van der Waals surface area (Å²) in [5, 5.41) is 60.0. The fourth-order valence-corrected chi connectivity index (χ4v) is 3.41. The number of aliphatic hydroxyl groups excluding tert-OH is 6. The summed E-state index contributed by atoms with van der Waals surface area (Å²) in [6, 6.07) is 4.44. The summed E-state index contributed by atoms with van der Waals surface area (Å²) in [5.41, 5.74) is 0.182. The highest BCUT2D eigenvalue weighted by molar-refractivity contribution is 5.97. The normalized spacial score (nSPS) is 37.7. The number of hydrogen-bond donors (Lipinski definition) is 6. The van der Waals surface area contributed by atoms with E-state index in [-0.39, 0.29) is 23.7 Å². The van der Waals surface area contributed by atoms with Crippen molar-refractivity contribution in [2.24, 2.45) is 0 Å². The molecule has 9 atom stereocenters. The molecule has 0 amide bonds. The van der Waals surface area contributed by atoms with E-state index in [1.54, 1.807) is 6.07 Å². The molecule has 180 valence electrons. The SMILES string of the molecule is COc1ccc(C(C)=O)c(O[C@@H]2O[C@H](CO[C@@H]3OC[C@H](O)[C@H](O)[C@H]3O)[C@@H](O)[C@H](O)[C@H]2O)c1. The Labute approximate surface area is 183 Å². The predicted octanol–water partition coefficient (Wildman–Crippen LogP) is -2.46. The zero-order valence-corrected chi connectivity index (χ0v) is 17.5. The molecule has 2 aliphatic rings. The van der Waals surface area contributed by atoms with Crippen LogP contribution in [0.1, 0.15) is 17.3 Å². The van der Waals surface area contributed by atoms with Gasteiger partial charge in [-0.15, -0.1) is 0 Å². The number of rotatable bonds is 7. The number of carbonyl (C=O) groups excluding carboxylic acids is 1. The summed E-state index contributed by atoms with van der Waals surface area (Å²) in [5.74, 6) is 0.0878. The van der Waals surface area contributed by atoms with Gasteiger partial charge in [0.05, 0.1) is 25.9 Å². The third-order valence-electron chi connectivity index (χ3n) is 5.36. The van der Waals surface area contributed by atoms with E-state index in [2.05, 4.69) is 0 Å². The van der Waals surface area contributed by atoms with Crippen molar-refractivity contribution in [1.82, 2.24) is 0 Å². The molecule has 2 aliphatic heterocycles. The minimum atomic E-state index is -1.68. The molecule has 12 nitrogen and oxygen atoms in total. The summed E-state index contributed by atoms with van der Waals surface area (Å²) in [6.07, 6.45) is -13.3. The molecule has 6 N–H and O–H groups in total. The number of ether oxygens (including phenoxy) is 5. The molecule has 2 saturated heterocycles. The van der Waals surface area contributed by atoms with Gasteiger partial charge in [-0.05, 0) is 19.1 Å². The lowest BCUT2D eigenvalue weighted by atomic mass is 9.99. The topological polar surface area (TPSA) is 185 Å². The number of methoxy groups -OCH3 is 1. The van der Waals surface area contributed by atoms with Crippen LogP contribution in [-0.4, -0.2) is 112 Å². The molecule has 0 aliphatic carbocycles. The highest BCUT2D eigenvalue weighted by Gasteiger charge is 2.46. The highest BCUT2D eigenvalue weighted by Crippen LogP contribution is 2.30. The van der Waals surface area contributed by atoms with Crippen LogP contribution in [0.25, 0.3) is 0 Å². The fourth-order valence-electron chi connectivity index (χ4n) is 3.41. The molecule has 0 saturated carbocycles. The van der Waals surface area contributed by atoms with Gasteiger partial charge in [-0.2, -0.15) is 0 Å². The van der Waals surface area contributed by atoms with Crippen LogP contribution in [-0.2, 0) is 14.2 Å². The van der Waals surface area contributed by atoms with Gasteiger partial charge in [0.25, 0.3) is 0 Å². The average Bonchev–Trinajstić information content (AvgIpc) is 2.77. The smallest absolute Gasteiger partial charge is 0.229 e. The van der Waals surface area contributed by atoms with Crippen molar-refractivity contribution < 1.29 is 59.1 Å². The third-order valence-corrected chi connectivity index (χ3v) is 5.36. The van der Waals surface area contributed by atoms with E-state index < -0.39 is 61.9 Å². The highest BCUT2D eigenvalue weighted by atomic mass is 16.7. The van der Waals surface area contributed by atoms with Gasteiger partial charge in [0, 0.05) is 6.07 Å². The standard InChI is InChI=1S/C20H28O12/c1-8(21)10-4-3-9(28-2)5-12(10)31-20-18(27)16(25)15(24)13(32-20)7-30-19-17(26)14(23)11(22)6-29-19/h3-5,11,13-20,22-27H,6-7H2,1-2H3/t11-,13+,14-,15+,16-,17+,18+,19-,20+/m0/s1. The first-order chi connectivity index (χ1) is 15.1. The second-order valence-electron chi connectivity index (χ2n) is 7.63. The summed E-state index contributed by atoms with van der Waals surface area (Å²) in [4.78, 5) is 11.9. The second-order valence-corrected chi connectivity index (χ2v) is 7.63. The third kappa shape index (κ3) is 5.20. The van der Waals surface area contributed by atoms with Crippen molar-refractivity contribution in [1.29, 1.82) is 0 Å². The van der Waals surface area contributed by atoms with Gasteiger partial charge in [0.2, 0.25) is 6.29 Å². The Hall–Kier alpha value is -1.87. The molecule has 2 fully saturated rings. The number of ketones is 1. The van der Waals surface area contributed by atoms with E-state index in [1.807, 2.05) is 0 Å². The van der Waals surface area contributed by atoms with Crippen LogP contribution >= 0.6 is 0 Å². The number of aliphatic hydroxyl groups is 6. The van der Waals surface area contributed by atoms with Crippen LogP contribution in [0.2, 0.25) is 0 Å². The van der Waals surface area contributed by atoms with Gasteiger partial charge < -0.3 is 54.3 Å². The van der Waals surface area contributed by atoms with Gasteiger partial charge in [0.15, 0.2) is 12.1 Å². The molecule has 0 unspecified atom stereocenters. The molecule has 0 bridgehead atoms. The Morgan fingerprint density at radius 3 is 2.34 bits per heavy atom. The molecule has 0 spiro atoms. The number of carbonyl (C=O) groups is 1. The molecule has 1 aromatic carbocycles. The minimum absolute atomic E-state index is 0.0345. The van der Waals surface area contributed by atoms with Crippen LogP contribution in [0.3, 0.4) is 0 Å². The molecular formula is C20H28O12. The van der Waals surface area contributed by atoms with Gasteiger partial charge in [-0.3, -0.25) is 4.79 Å². The van der Waals surface area contributed by atoms with E-state index in [4.69, 9.17) is 23.7 Å². The number of hydrogen-bond acceptors (Lipinski definition) is 12. The van der Waals surface area contributed by atoms with Crippen molar-refractivity contribution in [2.75, 3.05) is 20.3 Å². The maximum atomic E-state index is 11.9. The molecule has 32 heavy (non-hydrogen) atoms. The number of Topliss-reactive ketones (excluding diaryl/α,β-unsaturated/α-hetero) is 1. The van der Waals surface area contributed by atoms with Crippen molar-refractivity contribution in [3.05, 3.63) is 23.8 Å².